The number of fused-ring (bicyclic) bond motifs is 1. The standard InChI is InChI=1S/C17H17BrN2S/c1-2-19-16(17-9-13(18)11-21-17)10-14-8-7-12-5-3-4-6-15(12)20-14/h3-9,11,16,19H,2,10H2,1H3. The zero-order chi connectivity index (χ0) is 14.7. The first-order valence-electron chi connectivity index (χ1n) is 7.08. The molecule has 108 valence electrons. The van der Waals surface area contributed by atoms with Crippen LogP contribution in [0.1, 0.15) is 23.5 Å². The van der Waals surface area contributed by atoms with Gasteiger partial charge in [-0.15, -0.1) is 11.3 Å². The monoisotopic (exact) mass is 360 g/mol. The van der Waals surface area contributed by atoms with Gasteiger partial charge in [-0.25, -0.2) is 0 Å². The average Bonchev–Trinajstić information content (AvgIpc) is 2.93. The quantitative estimate of drug-likeness (QED) is 0.695. The summed E-state index contributed by atoms with van der Waals surface area (Å²) in [6, 6.07) is 15.1. The van der Waals surface area contributed by atoms with Crippen LogP contribution < -0.4 is 5.32 Å². The molecule has 2 nitrogen and oxygen atoms in total. The molecule has 0 aliphatic heterocycles. The minimum Gasteiger partial charge on any atom is -0.309 e. The lowest BCUT2D eigenvalue weighted by atomic mass is 10.1. The molecule has 1 atom stereocenters. The summed E-state index contributed by atoms with van der Waals surface area (Å²) in [6.07, 6.45) is 0.908. The van der Waals surface area contributed by atoms with Crippen molar-refractivity contribution >= 4 is 38.2 Å². The summed E-state index contributed by atoms with van der Waals surface area (Å²) in [6.45, 7) is 3.09. The van der Waals surface area contributed by atoms with Crippen LogP contribution in [0.25, 0.3) is 10.9 Å². The maximum absolute atomic E-state index is 4.78. The highest BCUT2D eigenvalue weighted by molar-refractivity contribution is 9.10. The fourth-order valence-electron chi connectivity index (χ4n) is 2.46. The summed E-state index contributed by atoms with van der Waals surface area (Å²) in [4.78, 5) is 6.13. The SMILES string of the molecule is CCNC(Cc1ccc2ccccc2n1)c1cc(Br)cs1. The molecule has 2 aromatic heterocycles. The molecule has 0 aliphatic carbocycles. The minimum atomic E-state index is 0.319. The Morgan fingerprint density at radius 2 is 2.10 bits per heavy atom. The molecule has 1 aromatic carbocycles. The number of nitrogens with one attached hydrogen (secondary N) is 1. The second-order valence-corrected chi connectivity index (χ2v) is 6.84. The van der Waals surface area contributed by atoms with Crippen LogP contribution in [0.2, 0.25) is 0 Å². The van der Waals surface area contributed by atoms with Gasteiger partial charge in [0.2, 0.25) is 0 Å². The van der Waals surface area contributed by atoms with Crippen LogP contribution in [0.4, 0.5) is 0 Å². The lowest BCUT2D eigenvalue weighted by Crippen LogP contribution is -2.22. The molecule has 0 saturated heterocycles. The predicted octanol–water partition coefficient (Wildman–Crippen LogP) is 4.95. The van der Waals surface area contributed by atoms with Crippen LogP contribution in [-0.2, 0) is 6.42 Å². The van der Waals surface area contributed by atoms with Gasteiger partial charge in [-0.2, -0.15) is 0 Å². The molecule has 0 amide bonds. The summed E-state index contributed by atoms with van der Waals surface area (Å²) in [5.74, 6) is 0. The van der Waals surface area contributed by atoms with E-state index in [4.69, 9.17) is 4.98 Å². The van der Waals surface area contributed by atoms with E-state index in [2.05, 4.69) is 63.9 Å². The number of pyridine rings is 1. The van der Waals surface area contributed by atoms with Crippen LogP contribution in [0.5, 0.6) is 0 Å². The Morgan fingerprint density at radius 1 is 1.24 bits per heavy atom. The van der Waals surface area contributed by atoms with Crippen LogP contribution in [0.3, 0.4) is 0 Å². The van der Waals surface area contributed by atoms with Gasteiger partial charge in [0, 0.05) is 38.3 Å². The molecule has 0 aliphatic rings. The molecule has 0 bridgehead atoms. The molecule has 2 heterocycles. The summed E-state index contributed by atoms with van der Waals surface area (Å²) >= 11 is 5.32. The Bertz CT molecular complexity index is 738. The van der Waals surface area contributed by atoms with Gasteiger partial charge in [-0.3, -0.25) is 4.98 Å². The Balaban J connectivity index is 1.86. The van der Waals surface area contributed by atoms with Gasteiger partial charge in [-0.1, -0.05) is 31.2 Å². The van der Waals surface area contributed by atoms with E-state index in [9.17, 15) is 0 Å². The molecule has 0 spiro atoms. The first-order chi connectivity index (χ1) is 10.3. The number of benzene rings is 1. The maximum atomic E-state index is 4.78. The van der Waals surface area contributed by atoms with E-state index >= 15 is 0 Å². The van der Waals surface area contributed by atoms with E-state index in [-0.39, 0.29) is 0 Å². The van der Waals surface area contributed by atoms with Crippen molar-refractivity contribution in [1.82, 2.24) is 10.3 Å². The zero-order valence-corrected chi connectivity index (χ0v) is 14.2. The number of halogens is 1. The second kappa shape index (κ2) is 6.69. The highest BCUT2D eigenvalue weighted by atomic mass is 79.9. The molecule has 0 radical (unpaired) electrons. The van der Waals surface area contributed by atoms with E-state index in [0.29, 0.717) is 6.04 Å². The highest BCUT2D eigenvalue weighted by Gasteiger charge is 2.14. The molecule has 1 N–H and O–H groups in total. The molecular weight excluding hydrogens is 344 g/mol. The van der Waals surface area contributed by atoms with Crippen LogP contribution in [0, 0.1) is 0 Å². The number of likely N-dealkylation sites (N-methyl/N-ethyl adjacent to an activating group) is 1. The molecule has 4 heteroatoms. The van der Waals surface area contributed by atoms with Gasteiger partial charge in [-0.05, 0) is 40.7 Å². The minimum absolute atomic E-state index is 0.319. The van der Waals surface area contributed by atoms with E-state index in [0.717, 1.165) is 28.6 Å². The maximum Gasteiger partial charge on any atom is 0.0705 e. The van der Waals surface area contributed by atoms with Gasteiger partial charge in [0.25, 0.3) is 0 Å². The summed E-state index contributed by atoms with van der Waals surface area (Å²) in [5.41, 5.74) is 2.20. The number of para-hydroxylation sites is 1. The fraction of sp³-hybridized carbons (Fsp3) is 0.235. The van der Waals surface area contributed by atoms with Gasteiger partial charge in [0.15, 0.2) is 0 Å². The Morgan fingerprint density at radius 3 is 2.86 bits per heavy atom. The van der Waals surface area contributed by atoms with Crippen molar-refractivity contribution in [2.24, 2.45) is 0 Å². The third kappa shape index (κ3) is 3.51. The topological polar surface area (TPSA) is 24.9 Å². The van der Waals surface area contributed by atoms with E-state index in [1.807, 2.05) is 12.1 Å². The number of aromatic nitrogens is 1. The number of hydrogen-bond acceptors (Lipinski definition) is 3. The summed E-state index contributed by atoms with van der Waals surface area (Å²) < 4.78 is 1.15. The lowest BCUT2D eigenvalue weighted by Gasteiger charge is -2.16. The number of hydrogen-bond donors (Lipinski definition) is 1. The normalized spacial score (nSPS) is 12.7. The lowest BCUT2D eigenvalue weighted by molar-refractivity contribution is 0.553. The zero-order valence-electron chi connectivity index (χ0n) is 11.8. The third-order valence-electron chi connectivity index (χ3n) is 3.45. The van der Waals surface area contributed by atoms with Gasteiger partial charge in [0.05, 0.1) is 5.52 Å². The average molecular weight is 361 g/mol. The van der Waals surface area contributed by atoms with Crippen molar-refractivity contribution in [2.45, 2.75) is 19.4 Å². The van der Waals surface area contributed by atoms with Crippen molar-refractivity contribution in [1.29, 1.82) is 0 Å². The van der Waals surface area contributed by atoms with Crippen LogP contribution in [0.15, 0.2) is 52.3 Å². The van der Waals surface area contributed by atoms with Crippen LogP contribution in [-0.4, -0.2) is 11.5 Å². The number of thiophene rings is 1. The first kappa shape index (κ1) is 14.7. The smallest absolute Gasteiger partial charge is 0.0705 e. The van der Waals surface area contributed by atoms with E-state index < -0.39 is 0 Å². The Kier molecular flexibility index (Phi) is 4.68. The van der Waals surface area contributed by atoms with E-state index in [1.165, 1.54) is 10.3 Å². The van der Waals surface area contributed by atoms with Gasteiger partial charge < -0.3 is 5.32 Å². The predicted molar refractivity (Wildman–Crippen MR) is 93.9 cm³/mol. The van der Waals surface area contributed by atoms with E-state index in [1.54, 1.807) is 11.3 Å². The third-order valence-corrected chi connectivity index (χ3v) is 5.26. The molecule has 21 heavy (non-hydrogen) atoms. The van der Waals surface area contributed by atoms with Crippen molar-refractivity contribution < 1.29 is 0 Å². The summed E-state index contributed by atoms with van der Waals surface area (Å²) in [5, 5.41) is 6.89. The molecular formula is C17H17BrN2S. The molecule has 0 saturated carbocycles. The van der Waals surface area contributed by atoms with Gasteiger partial charge in [0.1, 0.15) is 0 Å². The highest BCUT2D eigenvalue weighted by Crippen LogP contribution is 2.28. The van der Waals surface area contributed by atoms with Crippen LogP contribution >= 0.6 is 27.3 Å². The Hall–Kier alpha value is -1.23. The van der Waals surface area contributed by atoms with Crippen molar-refractivity contribution in [2.75, 3.05) is 6.54 Å². The van der Waals surface area contributed by atoms with Crippen molar-refractivity contribution in [3.05, 3.63) is 62.9 Å². The van der Waals surface area contributed by atoms with Crippen molar-refractivity contribution in [3.8, 4) is 0 Å². The molecule has 1 unspecified atom stereocenters. The molecule has 3 aromatic rings. The number of rotatable bonds is 5. The Labute approximate surface area is 137 Å². The number of nitrogens with zero attached hydrogens (tertiary/aromatic N) is 1. The molecule has 3 rings (SSSR count). The fourth-order valence-corrected chi connectivity index (χ4v) is 3.98. The molecule has 0 fully saturated rings. The summed E-state index contributed by atoms with van der Waals surface area (Å²) in [7, 11) is 0. The largest absolute Gasteiger partial charge is 0.309 e. The van der Waals surface area contributed by atoms with Gasteiger partial charge >= 0.3 is 0 Å². The first-order valence-corrected chi connectivity index (χ1v) is 8.75. The second-order valence-electron chi connectivity index (χ2n) is 4.98. The van der Waals surface area contributed by atoms with Crippen molar-refractivity contribution in [3.63, 3.8) is 0 Å².